The second-order valence-electron chi connectivity index (χ2n) is 7.48. The highest BCUT2D eigenvalue weighted by atomic mass is 16.5. The Bertz CT molecular complexity index is 988. The maximum Gasteiger partial charge on any atom is 0.252 e. The molecule has 0 aliphatic carbocycles. The third-order valence-electron chi connectivity index (χ3n) is 5.13. The summed E-state index contributed by atoms with van der Waals surface area (Å²) in [6, 6.07) is 14.6. The van der Waals surface area contributed by atoms with Gasteiger partial charge >= 0.3 is 0 Å². The van der Waals surface area contributed by atoms with E-state index in [0.29, 0.717) is 0 Å². The summed E-state index contributed by atoms with van der Waals surface area (Å²) in [5.41, 5.74) is 6.98. The van der Waals surface area contributed by atoms with Gasteiger partial charge in [-0.05, 0) is 62.2 Å². The van der Waals surface area contributed by atoms with Gasteiger partial charge in [-0.2, -0.15) is 0 Å². The van der Waals surface area contributed by atoms with Crippen molar-refractivity contribution in [1.82, 2.24) is 5.16 Å². The zero-order chi connectivity index (χ0) is 19.8. The second kappa shape index (κ2) is 6.92. The molecule has 138 valence electrons. The quantitative estimate of drug-likeness (QED) is 0.521. The van der Waals surface area contributed by atoms with E-state index >= 15 is 0 Å². The van der Waals surface area contributed by atoms with Crippen LogP contribution >= 0.6 is 0 Å². The Labute approximate surface area is 161 Å². The van der Waals surface area contributed by atoms with Gasteiger partial charge in [-0.25, -0.2) is 6.57 Å². The lowest BCUT2D eigenvalue weighted by Crippen LogP contribution is -2.13. The van der Waals surface area contributed by atoms with Crippen LogP contribution in [0.3, 0.4) is 0 Å². The topological polar surface area (TPSA) is 33.6 Å². The lowest BCUT2D eigenvalue weighted by atomic mass is 9.95. The molecule has 0 spiro atoms. The van der Waals surface area contributed by atoms with Crippen LogP contribution in [-0.4, -0.2) is 12.2 Å². The molecule has 0 saturated carbocycles. The first-order valence-corrected chi connectivity index (χ1v) is 9.01. The molecular formula is C23H25N3O. The number of anilines is 2. The van der Waals surface area contributed by atoms with Crippen LogP contribution in [0, 0.1) is 27.3 Å². The van der Waals surface area contributed by atoms with E-state index in [-0.39, 0.29) is 0 Å². The molecule has 0 aliphatic rings. The molecule has 27 heavy (non-hydrogen) atoms. The maximum atomic E-state index is 7.37. The van der Waals surface area contributed by atoms with Gasteiger partial charge in [0.15, 0.2) is 0 Å². The Balaban J connectivity index is 1.99. The normalized spacial score (nSPS) is 11.3. The Morgan fingerprint density at radius 1 is 1.04 bits per heavy atom. The summed E-state index contributed by atoms with van der Waals surface area (Å²) in [6.07, 6.45) is 0. The molecule has 0 unspecified atom stereocenters. The van der Waals surface area contributed by atoms with Crippen LogP contribution in [0.1, 0.15) is 36.4 Å². The number of nitrogens with zero attached hydrogens (tertiary/aromatic N) is 3. The minimum Gasteiger partial charge on any atom is -0.361 e. The number of hydrogen-bond donors (Lipinski definition) is 0. The van der Waals surface area contributed by atoms with Crippen molar-refractivity contribution in [1.29, 1.82) is 0 Å². The van der Waals surface area contributed by atoms with Crippen molar-refractivity contribution in [2.45, 2.75) is 40.2 Å². The number of hydrogen-bond acceptors (Lipinski definition) is 3. The van der Waals surface area contributed by atoms with Crippen LogP contribution in [0.15, 0.2) is 47.0 Å². The number of aromatic nitrogens is 1. The molecule has 0 atom stereocenters. The molecule has 1 aromatic heterocycles. The van der Waals surface area contributed by atoms with E-state index in [2.05, 4.69) is 59.2 Å². The van der Waals surface area contributed by atoms with Crippen molar-refractivity contribution in [3.63, 3.8) is 0 Å². The van der Waals surface area contributed by atoms with E-state index in [1.165, 1.54) is 5.56 Å². The highest BCUT2D eigenvalue weighted by molar-refractivity contribution is 5.76. The largest absolute Gasteiger partial charge is 0.361 e. The monoisotopic (exact) mass is 359 g/mol. The first kappa shape index (κ1) is 18.7. The average Bonchev–Trinajstić information content (AvgIpc) is 3.00. The van der Waals surface area contributed by atoms with Crippen LogP contribution in [-0.2, 0) is 5.54 Å². The molecule has 0 saturated heterocycles. The first-order valence-electron chi connectivity index (χ1n) is 9.01. The van der Waals surface area contributed by atoms with Gasteiger partial charge < -0.3 is 14.3 Å². The first-order chi connectivity index (χ1) is 12.7. The lowest BCUT2D eigenvalue weighted by Gasteiger charge is -2.23. The molecule has 0 aliphatic heterocycles. The fraction of sp³-hybridized carbons (Fsp3) is 0.304. The van der Waals surface area contributed by atoms with Crippen LogP contribution in [0.25, 0.3) is 16.0 Å². The van der Waals surface area contributed by atoms with Gasteiger partial charge in [0.2, 0.25) is 0 Å². The predicted octanol–water partition coefficient (Wildman–Crippen LogP) is 6.19. The van der Waals surface area contributed by atoms with Crippen molar-refractivity contribution < 1.29 is 4.52 Å². The van der Waals surface area contributed by atoms with Crippen LogP contribution in [0.4, 0.5) is 11.4 Å². The molecule has 4 heteroatoms. The Hall–Kier alpha value is -3.06. The Kier molecular flexibility index (Phi) is 4.80. The van der Waals surface area contributed by atoms with Crippen molar-refractivity contribution in [2.24, 2.45) is 0 Å². The van der Waals surface area contributed by atoms with E-state index in [9.17, 15) is 0 Å². The molecule has 3 aromatic rings. The van der Waals surface area contributed by atoms with Crippen LogP contribution < -0.4 is 4.90 Å². The Morgan fingerprint density at radius 2 is 1.70 bits per heavy atom. The van der Waals surface area contributed by atoms with Crippen molar-refractivity contribution in [2.75, 3.05) is 11.9 Å². The van der Waals surface area contributed by atoms with Gasteiger partial charge in [0, 0.05) is 43.4 Å². The minimum atomic E-state index is -0.504. The van der Waals surface area contributed by atoms with Gasteiger partial charge in [0.25, 0.3) is 5.54 Å². The summed E-state index contributed by atoms with van der Waals surface area (Å²) in [5, 5.41) is 4.08. The molecule has 0 radical (unpaired) electrons. The highest BCUT2D eigenvalue weighted by Crippen LogP contribution is 2.35. The molecule has 2 aromatic carbocycles. The third-order valence-corrected chi connectivity index (χ3v) is 5.13. The molecule has 1 heterocycles. The standard InChI is InChI=1S/C23H25N3O/c1-15-8-9-18(22-16(2)25-27-17(22)3)14-21(15)26(7)20-12-10-19(11-13-20)23(4,5)24-6/h8-14H,1-5,7H3. The van der Waals surface area contributed by atoms with Gasteiger partial charge in [0.05, 0.1) is 5.69 Å². The number of rotatable bonds is 4. The number of benzene rings is 2. The number of aryl methyl sites for hydroxylation is 3. The summed E-state index contributed by atoms with van der Waals surface area (Å²) in [5.74, 6) is 0.829. The van der Waals surface area contributed by atoms with Gasteiger partial charge in [-0.3, -0.25) is 0 Å². The van der Waals surface area contributed by atoms with Crippen molar-refractivity contribution >= 4 is 11.4 Å². The van der Waals surface area contributed by atoms with Gasteiger partial charge in [-0.15, -0.1) is 0 Å². The smallest absolute Gasteiger partial charge is 0.252 e. The minimum absolute atomic E-state index is 0.504. The van der Waals surface area contributed by atoms with Crippen LogP contribution in [0.5, 0.6) is 0 Å². The fourth-order valence-corrected chi connectivity index (χ4v) is 3.32. The SMILES string of the molecule is [C-]#[N+]C(C)(C)c1ccc(N(C)c2cc(-c3c(C)noc3C)ccc2C)cc1. The van der Waals surface area contributed by atoms with Crippen molar-refractivity contribution in [3.8, 4) is 11.1 Å². The van der Waals surface area contributed by atoms with Gasteiger partial charge in [0.1, 0.15) is 5.76 Å². The Morgan fingerprint density at radius 3 is 2.26 bits per heavy atom. The molecular weight excluding hydrogens is 334 g/mol. The summed E-state index contributed by atoms with van der Waals surface area (Å²) in [6.45, 7) is 17.3. The van der Waals surface area contributed by atoms with E-state index in [0.717, 1.165) is 39.5 Å². The molecule has 4 nitrogen and oxygen atoms in total. The molecule has 0 N–H and O–H groups in total. The fourth-order valence-electron chi connectivity index (χ4n) is 3.32. The molecule has 0 amide bonds. The molecule has 0 fully saturated rings. The summed E-state index contributed by atoms with van der Waals surface area (Å²) < 4.78 is 5.33. The van der Waals surface area contributed by atoms with Gasteiger partial charge in [-0.1, -0.05) is 17.3 Å². The molecule has 0 bridgehead atoms. The predicted molar refractivity (Wildman–Crippen MR) is 110 cm³/mol. The zero-order valence-corrected chi connectivity index (χ0v) is 16.8. The van der Waals surface area contributed by atoms with Crippen LogP contribution in [0.2, 0.25) is 0 Å². The van der Waals surface area contributed by atoms with E-state index in [1.807, 2.05) is 39.8 Å². The highest BCUT2D eigenvalue weighted by Gasteiger charge is 2.25. The zero-order valence-electron chi connectivity index (χ0n) is 16.8. The average molecular weight is 359 g/mol. The van der Waals surface area contributed by atoms with Crippen molar-refractivity contribution in [3.05, 3.63) is 76.5 Å². The third kappa shape index (κ3) is 3.46. The summed E-state index contributed by atoms with van der Waals surface area (Å²) in [7, 11) is 2.06. The lowest BCUT2D eigenvalue weighted by molar-refractivity contribution is 0.393. The van der Waals surface area contributed by atoms with E-state index in [1.54, 1.807) is 0 Å². The summed E-state index contributed by atoms with van der Waals surface area (Å²) >= 11 is 0. The second-order valence-corrected chi connectivity index (χ2v) is 7.48. The molecule has 3 rings (SSSR count). The van der Waals surface area contributed by atoms with E-state index in [4.69, 9.17) is 11.1 Å². The summed E-state index contributed by atoms with van der Waals surface area (Å²) in [4.78, 5) is 5.89. The maximum absolute atomic E-state index is 7.37. The van der Waals surface area contributed by atoms with E-state index < -0.39 is 5.54 Å².